The lowest BCUT2D eigenvalue weighted by molar-refractivity contribution is -0.123. The van der Waals surface area contributed by atoms with Crippen LogP contribution in [0.1, 0.15) is 27.8 Å². The highest BCUT2D eigenvalue weighted by Gasteiger charge is 2.22. The van der Waals surface area contributed by atoms with Crippen molar-refractivity contribution in [1.82, 2.24) is 4.98 Å². The Morgan fingerprint density at radius 2 is 2.00 bits per heavy atom. The molecule has 0 bridgehead atoms. The number of aromatic amines is 1. The monoisotopic (exact) mass is 357 g/mol. The van der Waals surface area contributed by atoms with Crippen LogP contribution in [0.5, 0.6) is 0 Å². The van der Waals surface area contributed by atoms with Crippen LogP contribution in [0.15, 0.2) is 41.8 Å². The molecule has 3 aromatic rings. The second-order valence-corrected chi connectivity index (χ2v) is 6.25. The third kappa shape index (κ3) is 3.53. The normalized spacial score (nSPS) is 11.9. The van der Waals surface area contributed by atoms with Gasteiger partial charge in [0.1, 0.15) is 10.7 Å². The van der Waals surface area contributed by atoms with Crippen LogP contribution in [0.4, 0.5) is 5.00 Å². The fraction of sp³-hybridized carbons (Fsp3) is 0.118. The van der Waals surface area contributed by atoms with Gasteiger partial charge in [-0.05, 0) is 30.5 Å². The number of ether oxygens (including phenoxy) is 1. The molecule has 0 aliphatic heterocycles. The highest BCUT2D eigenvalue weighted by atomic mass is 32.1. The molecule has 2 amide bonds. The smallest absolute Gasteiger partial charge is 0.355 e. The number of benzene rings is 1. The lowest BCUT2D eigenvalue weighted by atomic mass is 10.2. The Kier molecular flexibility index (Phi) is 4.53. The number of nitrogens with two attached hydrogens (primary N) is 1. The number of fused-ring (bicyclic) bond motifs is 1. The van der Waals surface area contributed by atoms with Crippen LogP contribution in [-0.4, -0.2) is 28.9 Å². The number of H-pyrrole nitrogens is 1. The van der Waals surface area contributed by atoms with Crippen LogP contribution >= 0.6 is 11.3 Å². The standard InChI is InChI=1S/C17H15N3O4S/c1-9(15(22)20-16-11(14(18)21)6-7-25-16)24-17(23)13-8-10-4-2-3-5-12(10)19-13/h2-9,19H,1H3,(H2,18,21)(H,20,22)/t9-/m1/s1. The van der Waals surface area contributed by atoms with E-state index in [0.29, 0.717) is 5.00 Å². The van der Waals surface area contributed by atoms with Gasteiger partial charge in [0.25, 0.3) is 11.8 Å². The molecule has 0 spiro atoms. The van der Waals surface area contributed by atoms with E-state index >= 15 is 0 Å². The van der Waals surface area contributed by atoms with Gasteiger partial charge in [0, 0.05) is 10.9 Å². The number of amides is 2. The zero-order valence-corrected chi connectivity index (χ0v) is 14.1. The third-order valence-electron chi connectivity index (χ3n) is 3.57. The van der Waals surface area contributed by atoms with Crippen molar-refractivity contribution in [1.29, 1.82) is 0 Å². The van der Waals surface area contributed by atoms with Crippen molar-refractivity contribution in [2.45, 2.75) is 13.0 Å². The van der Waals surface area contributed by atoms with Crippen molar-refractivity contribution in [3.63, 3.8) is 0 Å². The number of esters is 1. The summed E-state index contributed by atoms with van der Waals surface area (Å²) in [6.07, 6.45) is -1.04. The zero-order valence-electron chi connectivity index (χ0n) is 13.2. The van der Waals surface area contributed by atoms with Gasteiger partial charge in [-0.25, -0.2) is 4.79 Å². The van der Waals surface area contributed by atoms with E-state index in [-0.39, 0.29) is 11.3 Å². The summed E-state index contributed by atoms with van der Waals surface area (Å²) in [6.45, 7) is 1.45. The molecule has 0 aliphatic carbocycles. The van der Waals surface area contributed by atoms with Crippen molar-refractivity contribution in [3.8, 4) is 0 Å². The topological polar surface area (TPSA) is 114 Å². The number of carbonyl (C=O) groups excluding carboxylic acids is 3. The number of para-hydroxylation sites is 1. The minimum Gasteiger partial charge on any atom is -0.448 e. The first kappa shape index (κ1) is 16.7. The second-order valence-electron chi connectivity index (χ2n) is 5.33. The molecule has 0 aliphatic rings. The first-order chi connectivity index (χ1) is 12.0. The molecule has 0 fully saturated rings. The molecule has 2 aromatic heterocycles. The molecule has 25 heavy (non-hydrogen) atoms. The number of rotatable bonds is 5. The molecule has 7 nitrogen and oxygen atoms in total. The minimum atomic E-state index is -1.04. The maximum Gasteiger partial charge on any atom is 0.355 e. The summed E-state index contributed by atoms with van der Waals surface area (Å²) in [7, 11) is 0. The fourth-order valence-electron chi connectivity index (χ4n) is 2.27. The summed E-state index contributed by atoms with van der Waals surface area (Å²) in [5.41, 5.74) is 6.51. The molecular weight excluding hydrogens is 342 g/mol. The molecule has 128 valence electrons. The molecule has 4 N–H and O–H groups in total. The lowest BCUT2D eigenvalue weighted by Gasteiger charge is -2.12. The molecule has 0 unspecified atom stereocenters. The van der Waals surface area contributed by atoms with Crippen molar-refractivity contribution in [2.75, 3.05) is 5.32 Å². The number of primary amides is 1. The van der Waals surface area contributed by atoms with Crippen LogP contribution in [-0.2, 0) is 9.53 Å². The van der Waals surface area contributed by atoms with Crippen molar-refractivity contribution in [3.05, 3.63) is 53.0 Å². The lowest BCUT2D eigenvalue weighted by Crippen LogP contribution is -2.30. The van der Waals surface area contributed by atoms with Gasteiger partial charge in [-0.2, -0.15) is 0 Å². The molecular formula is C17H15N3O4S. The van der Waals surface area contributed by atoms with E-state index in [4.69, 9.17) is 10.5 Å². The first-order valence-corrected chi connectivity index (χ1v) is 8.30. The number of nitrogens with one attached hydrogen (secondary N) is 2. The molecule has 1 aromatic carbocycles. The largest absolute Gasteiger partial charge is 0.448 e. The SMILES string of the molecule is C[C@@H](OC(=O)c1cc2ccccc2[nH]1)C(=O)Nc1sccc1C(N)=O. The van der Waals surface area contributed by atoms with Crippen LogP contribution in [0.25, 0.3) is 10.9 Å². The van der Waals surface area contributed by atoms with Gasteiger partial charge in [0.05, 0.1) is 5.56 Å². The Balaban J connectivity index is 1.67. The Hall–Kier alpha value is -3.13. The van der Waals surface area contributed by atoms with Crippen molar-refractivity contribution >= 4 is 45.0 Å². The highest BCUT2D eigenvalue weighted by Crippen LogP contribution is 2.23. The number of hydrogen-bond donors (Lipinski definition) is 3. The molecule has 8 heteroatoms. The maximum atomic E-state index is 12.2. The summed E-state index contributed by atoms with van der Waals surface area (Å²) in [4.78, 5) is 38.6. The number of carbonyl (C=O) groups is 3. The second kappa shape index (κ2) is 6.78. The van der Waals surface area contributed by atoms with Gasteiger partial charge in [-0.1, -0.05) is 18.2 Å². The molecule has 1 atom stereocenters. The van der Waals surface area contributed by atoms with Gasteiger partial charge < -0.3 is 20.8 Å². The summed E-state index contributed by atoms with van der Waals surface area (Å²) < 4.78 is 5.18. The number of aromatic nitrogens is 1. The van der Waals surface area contributed by atoms with Gasteiger partial charge in [-0.3, -0.25) is 9.59 Å². The van der Waals surface area contributed by atoms with E-state index in [9.17, 15) is 14.4 Å². The average Bonchev–Trinajstić information content (AvgIpc) is 3.20. The van der Waals surface area contributed by atoms with E-state index in [1.807, 2.05) is 24.3 Å². The summed E-state index contributed by atoms with van der Waals surface area (Å²) in [5.74, 6) is -1.83. The van der Waals surface area contributed by atoms with Crippen molar-refractivity contribution < 1.29 is 19.1 Å². The molecule has 2 heterocycles. The predicted molar refractivity (Wildman–Crippen MR) is 94.6 cm³/mol. The highest BCUT2D eigenvalue weighted by molar-refractivity contribution is 7.14. The van der Waals surface area contributed by atoms with Crippen LogP contribution in [0.3, 0.4) is 0 Å². The first-order valence-electron chi connectivity index (χ1n) is 7.42. The average molecular weight is 357 g/mol. The van der Waals surface area contributed by atoms with Crippen molar-refractivity contribution in [2.24, 2.45) is 5.73 Å². The quantitative estimate of drug-likeness (QED) is 0.609. The summed E-state index contributed by atoms with van der Waals surface area (Å²) in [5, 5.41) is 5.38. The maximum absolute atomic E-state index is 12.2. The Labute approximate surface area is 146 Å². The van der Waals surface area contributed by atoms with E-state index in [1.165, 1.54) is 13.0 Å². The van der Waals surface area contributed by atoms with Gasteiger partial charge in [0.2, 0.25) is 0 Å². The predicted octanol–water partition coefficient (Wildman–Crippen LogP) is 2.51. The Bertz CT molecular complexity index is 927. The fourth-order valence-corrected chi connectivity index (χ4v) is 3.07. The number of anilines is 1. The van der Waals surface area contributed by atoms with Gasteiger partial charge in [-0.15, -0.1) is 11.3 Å². The third-order valence-corrected chi connectivity index (χ3v) is 4.40. The van der Waals surface area contributed by atoms with Crippen LogP contribution in [0, 0.1) is 0 Å². The summed E-state index contributed by atoms with van der Waals surface area (Å²) in [6, 6.07) is 10.6. The number of thiophene rings is 1. The minimum absolute atomic E-state index is 0.215. The van der Waals surface area contributed by atoms with E-state index in [1.54, 1.807) is 11.4 Å². The van der Waals surface area contributed by atoms with Crippen LogP contribution in [0.2, 0.25) is 0 Å². The molecule has 0 radical (unpaired) electrons. The van der Waals surface area contributed by atoms with Crippen LogP contribution < -0.4 is 11.1 Å². The molecule has 0 saturated carbocycles. The zero-order chi connectivity index (χ0) is 18.0. The van der Waals surface area contributed by atoms with E-state index < -0.39 is 23.9 Å². The Morgan fingerprint density at radius 1 is 1.24 bits per heavy atom. The molecule has 3 rings (SSSR count). The summed E-state index contributed by atoms with van der Waals surface area (Å²) >= 11 is 1.16. The Morgan fingerprint density at radius 3 is 2.72 bits per heavy atom. The molecule has 0 saturated heterocycles. The number of hydrogen-bond acceptors (Lipinski definition) is 5. The van der Waals surface area contributed by atoms with E-state index in [2.05, 4.69) is 10.3 Å². The van der Waals surface area contributed by atoms with Gasteiger partial charge >= 0.3 is 5.97 Å². The van der Waals surface area contributed by atoms with Gasteiger partial charge in [0.15, 0.2) is 6.10 Å². The van der Waals surface area contributed by atoms with E-state index in [0.717, 1.165) is 22.2 Å².